The van der Waals surface area contributed by atoms with E-state index < -0.39 is 24.0 Å². The molecule has 1 amide bonds. The average Bonchev–Trinajstić information content (AvgIpc) is 2.35. The van der Waals surface area contributed by atoms with Gasteiger partial charge in [0.25, 0.3) is 5.91 Å². The Hall–Kier alpha value is -1.85. The van der Waals surface area contributed by atoms with E-state index in [2.05, 4.69) is 11.3 Å². The van der Waals surface area contributed by atoms with Crippen LogP contribution in [0.15, 0.2) is 12.2 Å². The second kappa shape index (κ2) is 7.56. The van der Waals surface area contributed by atoms with E-state index in [4.69, 9.17) is 4.74 Å². The Kier molecular flexibility index (Phi) is 6.82. The van der Waals surface area contributed by atoms with Crippen LogP contribution < -0.4 is 0 Å². The van der Waals surface area contributed by atoms with Crippen LogP contribution >= 0.6 is 0 Å². The largest absolute Gasteiger partial charge is 0.469 e. The molecule has 0 spiro atoms. The van der Waals surface area contributed by atoms with E-state index >= 15 is 0 Å². The van der Waals surface area contributed by atoms with E-state index in [-0.39, 0.29) is 17.9 Å². The van der Waals surface area contributed by atoms with Crippen molar-refractivity contribution in [2.24, 2.45) is 5.92 Å². The van der Waals surface area contributed by atoms with Crippen LogP contribution in [0.1, 0.15) is 20.3 Å². The third-order valence-electron chi connectivity index (χ3n) is 2.49. The highest BCUT2D eigenvalue weighted by molar-refractivity contribution is 5.90. The number of likely N-dealkylation sites (N-methyl/N-ethyl adjacent to an activating group) is 1. The molecule has 0 saturated heterocycles. The molecule has 0 saturated carbocycles. The van der Waals surface area contributed by atoms with E-state index in [9.17, 15) is 14.4 Å². The Bertz CT molecular complexity index is 375. The molecule has 108 valence electrons. The number of carbonyl (C=O) groups excluding carboxylic acids is 3. The van der Waals surface area contributed by atoms with Gasteiger partial charge in [-0.25, -0.2) is 4.79 Å². The van der Waals surface area contributed by atoms with Crippen molar-refractivity contribution in [1.82, 2.24) is 4.90 Å². The normalized spacial score (nSPS) is 13.1. The lowest BCUT2D eigenvalue weighted by molar-refractivity contribution is -0.159. The molecule has 0 aromatic heterocycles. The third kappa shape index (κ3) is 5.54. The molecule has 0 N–H and O–H groups in total. The predicted octanol–water partition coefficient (Wildman–Crippen LogP) is 0.762. The molecule has 19 heavy (non-hydrogen) atoms. The molecular formula is C13H21NO5. The van der Waals surface area contributed by atoms with Gasteiger partial charge in [-0.1, -0.05) is 13.5 Å². The van der Waals surface area contributed by atoms with Gasteiger partial charge in [0.15, 0.2) is 6.10 Å². The van der Waals surface area contributed by atoms with Crippen LogP contribution in [0.3, 0.4) is 0 Å². The van der Waals surface area contributed by atoms with Crippen LogP contribution in [-0.4, -0.2) is 50.1 Å². The maximum atomic E-state index is 11.9. The highest BCUT2D eigenvalue weighted by Crippen LogP contribution is 2.14. The first-order chi connectivity index (χ1) is 8.70. The maximum Gasteiger partial charge on any atom is 0.333 e. The quantitative estimate of drug-likeness (QED) is 0.527. The van der Waals surface area contributed by atoms with Crippen molar-refractivity contribution >= 4 is 17.8 Å². The maximum absolute atomic E-state index is 11.9. The highest BCUT2D eigenvalue weighted by atomic mass is 16.5. The molecule has 0 aliphatic heterocycles. The fourth-order valence-corrected chi connectivity index (χ4v) is 1.34. The summed E-state index contributed by atoms with van der Waals surface area (Å²) in [7, 11) is 4.36. The van der Waals surface area contributed by atoms with Crippen LogP contribution in [0.2, 0.25) is 0 Å². The minimum absolute atomic E-state index is 0.0721. The number of ether oxygens (including phenoxy) is 2. The molecule has 2 unspecified atom stereocenters. The SMILES string of the molecule is C=C(C)C(=O)OC(CC(C)C(=O)OC)C(=O)N(C)C. The van der Waals surface area contributed by atoms with Gasteiger partial charge < -0.3 is 14.4 Å². The Balaban J connectivity index is 4.87. The van der Waals surface area contributed by atoms with Gasteiger partial charge in [0.05, 0.1) is 13.0 Å². The lowest BCUT2D eigenvalue weighted by Crippen LogP contribution is -2.39. The summed E-state index contributed by atoms with van der Waals surface area (Å²) in [6.07, 6.45) is -0.948. The Morgan fingerprint density at radius 3 is 2.16 bits per heavy atom. The zero-order valence-corrected chi connectivity index (χ0v) is 12.1. The lowest BCUT2D eigenvalue weighted by atomic mass is 10.0. The standard InChI is InChI=1S/C13H21NO5/c1-8(2)12(16)19-10(11(15)14(4)5)7-9(3)13(17)18-6/h9-10H,1,7H2,2-6H3. The van der Waals surface area contributed by atoms with Gasteiger partial charge >= 0.3 is 11.9 Å². The molecule has 0 aromatic carbocycles. The summed E-state index contributed by atoms with van der Waals surface area (Å²) in [6.45, 7) is 6.55. The molecule has 0 aliphatic carbocycles. The van der Waals surface area contributed by atoms with Gasteiger partial charge in [-0.2, -0.15) is 0 Å². The number of nitrogens with zero attached hydrogens (tertiary/aromatic N) is 1. The number of amides is 1. The fraction of sp³-hybridized carbons (Fsp3) is 0.615. The minimum atomic E-state index is -1.02. The number of hydrogen-bond acceptors (Lipinski definition) is 5. The number of esters is 2. The summed E-state index contributed by atoms with van der Waals surface area (Å²) in [4.78, 5) is 36.1. The van der Waals surface area contributed by atoms with Crippen LogP contribution in [0.5, 0.6) is 0 Å². The predicted molar refractivity (Wildman–Crippen MR) is 69.2 cm³/mol. The van der Waals surface area contributed by atoms with Gasteiger partial charge in [0.2, 0.25) is 0 Å². The van der Waals surface area contributed by atoms with Crippen molar-refractivity contribution in [3.63, 3.8) is 0 Å². The molecule has 0 aliphatic rings. The molecule has 0 aromatic rings. The number of carbonyl (C=O) groups is 3. The minimum Gasteiger partial charge on any atom is -0.469 e. The highest BCUT2D eigenvalue weighted by Gasteiger charge is 2.29. The molecule has 2 atom stereocenters. The average molecular weight is 271 g/mol. The Morgan fingerprint density at radius 1 is 1.26 bits per heavy atom. The summed E-state index contributed by atoms with van der Waals surface area (Å²) < 4.78 is 9.65. The van der Waals surface area contributed by atoms with Crippen molar-refractivity contribution in [1.29, 1.82) is 0 Å². The number of rotatable bonds is 6. The van der Waals surface area contributed by atoms with Crippen LogP contribution in [0.25, 0.3) is 0 Å². The van der Waals surface area contributed by atoms with Gasteiger partial charge in [0, 0.05) is 26.1 Å². The molecule has 0 radical (unpaired) electrons. The van der Waals surface area contributed by atoms with E-state index in [0.717, 1.165) is 0 Å². The summed E-state index contributed by atoms with van der Waals surface area (Å²) >= 11 is 0. The molecule has 0 heterocycles. The summed E-state index contributed by atoms with van der Waals surface area (Å²) in [5.74, 6) is -2.04. The molecule has 6 heteroatoms. The van der Waals surface area contributed by atoms with Crippen molar-refractivity contribution in [3.8, 4) is 0 Å². The first-order valence-electron chi connectivity index (χ1n) is 5.86. The van der Waals surface area contributed by atoms with Crippen LogP contribution in [0.4, 0.5) is 0 Å². The molecule has 0 rings (SSSR count). The van der Waals surface area contributed by atoms with E-state index in [0.29, 0.717) is 0 Å². The topological polar surface area (TPSA) is 72.9 Å². The Morgan fingerprint density at radius 2 is 1.79 bits per heavy atom. The molecule has 0 bridgehead atoms. The molecular weight excluding hydrogens is 250 g/mol. The van der Waals surface area contributed by atoms with Crippen LogP contribution in [0, 0.1) is 5.92 Å². The summed E-state index contributed by atoms with van der Waals surface area (Å²) in [5, 5.41) is 0. The molecule has 0 fully saturated rings. The van der Waals surface area contributed by atoms with Gasteiger partial charge in [0.1, 0.15) is 0 Å². The van der Waals surface area contributed by atoms with Gasteiger partial charge in [-0.3, -0.25) is 9.59 Å². The zero-order chi connectivity index (χ0) is 15.2. The monoisotopic (exact) mass is 271 g/mol. The first-order valence-corrected chi connectivity index (χ1v) is 5.86. The van der Waals surface area contributed by atoms with Crippen molar-refractivity contribution in [3.05, 3.63) is 12.2 Å². The second-order valence-corrected chi connectivity index (χ2v) is 4.57. The lowest BCUT2D eigenvalue weighted by Gasteiger charge is -2.22. The number of hydrogen-bond donors (Lipinski definition) is 0. The van der Waals surface area contributed by atoms with Crippen molar-refractivity contribution in [2.45, 2.75) is 26.4 Å². The first kappa shape index (κ1) is 17.2. The molecule has 6 nitrogen and oxygen atoms in total. The van der Waals surface area contributed by atoms with E-state index in [1.54, 1.807) is 21.0 Å². The van der Waals surface area contributed by atoms with E-state index in [1.807, 2.05) is 0 Å². The van der Waals surface area contributed by atoms with Crippen molar-refractivity contribution in [2.75, 3.05) is 21.2 Å². The number of methoxy groups -OCH3 is 1. The zero-order valence-electron chi connectivity index (χ0n) is 12.1. The summed E-state index contributed by atoms with van der Waals surface area (Å²) in [5.41, 5.74) is 0.197. The fourth-order valence-electron chi connectivity index (χ4n) is 1.34. The summed E-state index contributed by atoms with van der Waals surface area (Å²) in [6, 6.07) is 0. The van der Waals surface area contributed by atoms with Gasteiger partial charge in [-0.15, -0.1) is 0 Å². The van der Waals surface area contributed by atoms with Crippen LogP contribution in [-0.2, 0) is 23.9 Å². The third-order valence-corrected chi connectivity index (χ3v) is 2.49. The van der Waals surface area contributed by atoms with Crippen molar-refractivity contribution < 1.29 is 23.9 Å². The second-order valence-electron chi connectivity index (χ2n) is 4.57. The van der Waals surface area contributed by atoms with E-state index in [1.165, 1.54) is 18.9 Å². The Labute approximate surface area is 113 Å². The van der Waals surface area contributed by atoms with Gasteiger partial charge in [-0.05, 0) is 6.92 Å². The smallest absolute Gasteiger partial charge is 0.333 e.